The molecule has 4 heterocycles. The van der Waals surface area contributed by atoms with E-state index in [1.165, 1.54) is 0 Å². The zero-order valence-electron chi connectivity index (χ0n) is 11.7. The molecule has 0 amide bonds. The Kier molecular flexibility index (Phi) is 2.40. The van der Waals surface area contributed by atoms with Crippen molar-refractivity contribution in [1.29, 1.82) is 0 Å². The van der Waals surface area contributed by atoms with E-state index in [9.17, 15) is 0 Å². The van der Waals surface area contributed by atoms with Gasteiger partial charge in [-0.05, 0) is 30.3 Å². The summed E-state index contributed by atoms with van der Waals surface area (Å²) in [5.41, 5.74) is 2.30. The first-order chi connectivity index (χ1) is 11.4. The van der Waals surface area contributed by atoms with Crippen molar-refractivity contribution in [2.75, 3.05) is 6.79 Å². The fraction of sp³-hybridized carbons (Fsp3) is 0.0667. The first-order valence-electron chi connectivity index (χ1n) is 6.90. The second-order valence-electron chi connectivity index (χ2n) is 5.00. The van der Waals surface area contributed by atoms with Crippen molar-refractivity contribution in [1.82, 2.24) is 24.7 Å². The molecule has 3 aromatic heterocycles. The standard InChI is InChI=1S/C15H9N5O3/c1-2-11-12(22-8-21-11)5-10(1)15-17-14(19-23-15)9-3-4-20-7-16-18-13(20)6-9/h1-7H,8H2. The Balaban J connectivity index is 1.54. The molecule has 1 aromatic carbocycles. The number of hydrogen-bond donors (Lipinski definition) is 0. The highest BCUT2D eigenvalue weighted by Gasteiger charge is 2.17. The summed E-state index contributed by atoms with van der Waals surface area (Å²) in [6, 6.07) is 9.23. The van der Waals surface area contributed by atoms with Gasteiger partial charge in [0.05, 0.1) is 0 Å². The van der Waals surface area contributed by atoms with Crippen molar-refractivity contribution < 1.29 is 14.0 Å². The highest BCUT2D eigenvalue weighted by Crippen LogP contribution is 2.35. The fourth-order valence-corrected chi connectivity index (χ4v) is 2.44. The highest BCUT2D eigenvalue weighted by molar-refractivity contribution is 5.65. The van der Waals surface area contributed by atoms with Crippen LogP contribution >= 0.6 is 0 Å². The number of nitrogens with zero attached hydrogens (tertiary/aromatic N) is 5. The monoisotopic (exact) mass is 307 g/mol. The third-order valence-corrected chi connectivity index (χ3v) is 3.60. The van der Waals surface area contributed by atoms with Crippen molar-refractivity contribution in [2.45, 2.75) is 0 Å². The van der Waals surface area contributed by atoms with Gasteiger partial charge in [-0.15, -0.1) is 10.2 Å². The number of benzene rings is 1. The van der Waals surface area contributed by atoms with Gasteiger partial charge in [0.2, 0.25) is 12.6 Å². The molecule has 1 aliphatic heterocycles. The van der Waals surface area contributed by atoms with Gasteiger partial charge in [0.15, 0.2) is 17.1 Å². The minimum absolute atomic E-state index is 0.228. The van der Waals surface area contributed by atoms with Crippen LogP contribution in [0.4, 0.5) is 0 Å². The number of pyridine rings is 1. The van der Waals surface area contributed by atoms with Crippen molar-refractivity contribution >= 4 is 5.65 Å². The minimum Gasteiger partial charge on any atom is -0.454 e. The van der Waals surface area contributed by atoms with Crippen molar-refractivity contribution in [3.05, 3.63) is 42.9 Å². The van der Waals surface area contributed by atoms with Crippen LogP contribution in [0, 0.1) is 0 Å². The maximum absolute atomic E-state index is 5.36. The molecule has 0 unspecified atom stereocenters. The number of rotatable bonds is 2. The SMILES string of the molecule is c1cn2cnnc2cc1-c1noc(-c2ccc3c(c2)OCO3)n1. The smallest absolute Gasteiger partial charge is 0.258 e. The Morgan fingerprint density at radius 2 is 1.96 bits per heavy atom. The van der Waals surface area contributed by atoms with Crippen molar-refractivity contribution in [3.8, 4) is 34.3 Å². The summed E-state index contributed by atoms with van der Waals surface area (Å²) in [5.74, 6) is 2.29. The van der Waals surface area contributed by atoms with E-state index in [1.54, 1.807) is 6.33 Å². The van der Waals surface area contributed by atoms with Gasteiger partial charge in [-0.1, -0.05) is 5.16 Å². The number of ether oxygens (including phenoxy) is 2. The molecule has 0 fully saturated rings. The van der Waals surface area contributed by atoms with Gasteiger partial charge < -0.3 is 14.0 Å². The van der Waals surface area contributed by atoms with Gasteiger partial charge in [0.1, 0.15) is 6.33 Å². The van der Waals surface area contributed by atoms with Gasteiger partial charge in [-0.3, -0.25) is 4.40 Å². The quantitative estimate of drug-likeness (QED) is 0.561. The largest absolute Gasteiger partial charge is 0.454 e. The summed E-state index contributed by atoms with van der Waals surface area (Å²) in [6.45, 7) is 0.228. The summed E-state index contributed by atoms with van der Waals surface area (Å²) in [5, 5.41) is 11.9. The topological polar surface area (TPSA) is 87.6 Å². The molecule has 0 spiro atoms. The summed E-state index contributed by atoms with van der Waals surface area (Å²) in [6.07, 6.45) is 3.48. The van der Waals surface area contributed by atoms with Gasteiger partial charge in [-0.2, -0.15) is 4.98 Å². The molecule has 0 radical (unpaired) electrons. The maximum atomic E-state index is 5.36. The zero-order chi connectivity index (χ0) is 15.2. The second-order valence-corrected chi connectivity index (χ2v) is 5.00. The molecule has 1 aliphatic rings. The van der Waals surface area contributed by atoms with Gasteiger partial charge in [0, 0.05) is 17.3 Å². The zero-order valence-corrected chi connectivity index (χ0v) is 11.7. The van der Waals surface area contributed by atoms with Gasteiger partial charge in [-0.25, -0.2) is 0 Å². The molecule has 0 bridgehead atoms. The molecule has 0 saturated heterocycles. The van der Waals surface area contributed by atoms with E-state index in [0.717, 1.165) is 16.8 Å². The summed E-state index contributed by atoms with van der Waals surface area (Å²) in [4.78, 5) is 4.44. The third kappa shape index (κ3) is 1.92. The summed E-state index contributed by atoms with van der Waals surface area (Å²) >= 11 is 0. The summed E-state index contributed by atoms with van der Waals surface area (Å²) in [7, 11) is 0. The molecule has 0 atom stereocenters. The van der Waals surface area contributed by atoms with Crippen LogP contribution in [-0.4, -0.2) is 31.5 Å². The van der Waals surface area contributed by atoms with Crippen LogP contribution in [-0.2, 0) is 0 Å². The lowest BCUT2D eigenvalue weighted by Crippen LogP contribution is -1.92. The average Bonchev–Trinajstić information content (AvgIpc) is 3.32. The molecule has 8 nitrogen and oxygen atoms in total. The molecule has 8 heteroatoms. The second kappa shape index (κ2) is 4.54. The van der Waals surface area contributed by atoms with Crippen LogP contribution in [0.1, 0.15) is 0 Å². The van der Waals surface area contributed by atoms with Crippen LogP contribution < -0.4 is 9.47 Å². The van der Waals surface area contributed by atoms with E-state index < -0.39 is 0 Å². The lowest BCUT2D eigenvalue weighted by molar-refractivity contribution is 0.174. The number of fused-ring (bicyclic) bond motifs is 2. The average molecular weight is 307 g/mol. The minimum atomic E-state index is 0.228. The van der Waals surface area contributed by atoms with E-state index in [4.69, 9.17) is 14.0 Å². The van der Waals surface area contributed by atoms with Gasteiger partial charge in [0.25, 0.3) is 5.89 Å². The van der Waals surface area contributed by atoms with E-state index in [-0.39, 0.29) is 6.79 Å². The van der Waals surface area contributed by atoms with Gasteiger partial charge >= 0.3 is 0 Å². The van der Waals surface area contributed by atoms with Crippen LogP contribution in [0.5, 0.6) is 11.5 Å². The Hall–Kier alpha value is -3.42. The predicted octanol–water partition coefficient (Wildman–Crippen LogP) is 2.17. The van der Waals surface area contributed by atoms with E-state index in [0.29, 0.717) is 23.2 Å². The Morgan fingerprint density at radius 1 is 1.00 bits per heavy atom. The van der Waals surface area contributed by atoms with E-state index >= 15 is 0 Å². The maximum Gasteiger partial charge on any atom is 0.258 e. The van der Waals surface area contributed by atoms with Crippen LogP contribution in [0.15, 0.2) is 47.4 Å². The molecule has 4 aromatic rings. The number of aromatic nitrogens is 5. The predicted molar refractivity (Wildman–Crippen MR) is 77.8 cm³/mol. The van der Waals surface area contributed by atoms with Crippen LogP contribution in [0.3, 0.4) is 0 Å². The molecule has 0 N–H and O–H groups in total. The fourth-order valence-electron chi connectivity index (χ4n) is 2.44. The summed E-state index contributed by atoms with van der Waals surface area (Å²) < 4.78 is 17.8. The molecule has 0 aliphatic carbocycles. The van der Waals surface area contributed by atoms with E-state index in [1.807, 2.05) is 40.9 Å². The first kappa shape index (κ1) is 12.2. The van der Waals surface area contributed by atoms with Crippen molar-refractivity contribution in [2.24, 2.45) is 0 Å². The molecule has 5 rings (SSSR count). The lowest BCUT2D eigenvalue weighted by atomic mass is 10.2. The Labute approximate surface area is 129 Å². The lowest BCUT2D eigenvalue weighted by Gasteiger charge is -1.97. The molecule has 0 saturated carbocycles. The molecular weight excluding hydrogens is 298 g/mol. The number of hydrogen-bond acceptors (Lipinski definition) is 7. The molecular formula is C15H9N5O3. The highest BCUT2D eigenvalue weighted by atomic mass is 16.7. The van der Waals surface area contributed by atoms with Crippen LogP contribution in [0.2, 0.25) is 0 Å². The molecule has 23 heavy (non-hydrogen) atoms. The van der Waals surface area contributed by atoms with E-state index in [2.05, 4.69) is 20.3 Å². The first-order valence-corrected chi connectivity index (χ1v) is 6.90. The third-order valence-electron chi connectivity index (χ3n) is 3.60. The molecule has 112 valence electrons. The normalized spacial score (nSPS) is 12.9. The Morgan fingerprint density at radius 3 is 2.96 bits per heavy atom. The van der Waals surface area contributed by atoms with Crippen LogP contribution in [0.25, 0.3) is 28.5 Å². The van der Waals surface area contributed by atoms with Crippen molar-refractivity contribution in [3.63, 3.8) is 0 Å². The Bertz CT molecular complexity index is 1020.